The van der Waals surface area contributed by atoms with Gasteiger partial charge in [0.1, 0.15) is 6.54 Å². The van der Waals surface area contributed by atoms with Crippen LogP contribution in [0.5, 0.6) is 0 Å². The van der Waals surface area contributed by atoms with Crippen LogP contribution in [0.2, 0.25) is 0 Å². The molecule has 1 rings (SSSR count). The minimum Gasteiger partial charge on any atom is -0.360 e. The molecule has 6 heteroatoms. The first-order valence-corrected chi connectivity index (χ1v) is 7.25. The summed E-state index contributed by atoms with van der Waals surface area (Å²) in [5.41, 5.74) is 1.46. The van der Waals surface area contributed by atoms with Gasteiger partial charge in [-0.25, -0.2) is 0 Å². The van der Waals surface area contributed by atoms with Crippen molar-refractivity contribution in [3.63, 3.8) is 0 Å². The molecule has 1 unspecified atom stereocenters. The van der Waals surface area contributed by atoms with Gasteiger partial charge in [-0.05, 0) is 45.5 Å². The van der Waals surface area contributed by atoms with E-state index in [2.05, 4.69) is 21.2 Å². The van der Waals surface area contributed by atoms with Gasteiger partial charge in [0.15, 0.2) is 0 Å². The zero-order chi connectivity index (χ0) is 15.5. The zero-order valence-electron chi connectivity index (χ0n) is 12.1. The van der Waals surface area contributed by atoms with E-state index in [1.54, 1.807) is 27.0 Å². The van der Waals surface area contributed by atoms with Crippen LogP contribution < -0.4 is 10.2 Å². The second-order valence-electron chi connectivity index (χ2n) is 5.05. The zero-order valence-corrected chi connectivity index (χ0v) is 13.6. The van der Waals surface area contributed by atoms with E-state index >= 15 is 0 Å². The summed E-state index contributed by atoms with van der Waals surface area (Å²) < 4.78 is 39.2. The molecule has 0 radical (unpaired) electrons. The number of hydrogen-bond acceptors (Lipinski definition) is 2. The Morgan fingerprint density at radius 1 is 1.25 bits per heavy atom. The topological polar surface area (TPSA) is 15.3 Å². The lowest BCUT2D eigenvalue weighted by molar-refractivity contribution is -0.120. The second kappa shape index (κ2) is 6.80. The number of rotatable bonds is 5. The minimum atomic E-state index is -4.23. The van der Waals surface area contributed by atoms with E-state index in [4.69, 9.17) is 0 Å². The molecule has 1 aromatic rings. The van der Waals surface area contributed by atoms with Gasteiger partial charge in [0.05, 0.1) is 0 Å². The first-order valence-electron chi connectivity index (χ1n) is 6.45. The molecule has 1 aromatic carbocycles. The van der Waals surface area contributed by atoms with Gasteiger partial charge < -0.3 is 10.2 Å². The predicted molar refractivity (Wildman–Crippen MR) is 80.2 cm³/mol. The monoisotopic (exact) mass is 352 g/mol. The van der Waals surface area contributed by atoms with E-state index in [0.29, 0.717) is 5.69 Å². The van der Waals surface area contributed by atoms with Crippen LogP contribution in [-0.4, -0.2) is 25.8 Å². The van der Waals surface area contributed by atoms with Crippen molar-refractivity contribution in [2.45, 2.75) is 39.0 Å². The first-order chi connectivity index (χ1) is 9.15. The number of anilines is 1. The summed E-state index contributed by atoms with van der Waals surface area (Å²) in [5.74, 6) is 0. The molecule has 114 valence electrons. The number of nitrogens with one attached hydrogen (secondary N) is 1. The summed E-state index contributed by atoms with van der Waals surface area (Å²) >= 11 is 3.34. The normalized spacial score (nSPS) is 13.7. The van der Waals surface area contributed by atoms with Crippen LogP contribution in [0, 0.1) is 0 Å². The molecule has 0 aliphatic rings. The van der Waals surface area contributed by atoms with Crippen molar-refractivity contribution in [3.05, 3.63) is 28.2 Å². The Morgan fingerprint density at radius 3 is 2.30 bits per heavy atom. The average Bonchev–Trinajstić information content (AvgIpc) is 2.33. The highest BCUT2D eigenvalue weighted by Crippen LogP contribution is 2.33. The van der Waals surface area contributed by atoms with Gasteiger partial charge in [0.25, 0.3) is 0 Å². The van der Waals surface area contributed by atoms with E-state index in [9.17, 15) is 13.2 Å². The number of halogens is 4. The fourth-order valence-corrected chi connectivity index (χ4v) is 2.38. The lowest BCUT2D eigenvalue weighted by atomic mass is 10.0. The molecule has 0 amide bonds. The highest BCUT2D eigenvalue weighted by Gasteiger charge is 2.33. The van der Waals surface area contributed by atoms with Crippen LogP contribution in [0.1, 0.15) is 32.4 Å². The van der Waals surface area contributed by atoms with Gasteiger partial charge in [-0.1, -0.05) is 22.0 Å². The van der Waals surface area contributed by atoms with Gasteiger partial charge in [-0.2, -0.15) is 13.2 Å². The predicted octanol–water partition coefficient (Wildman–Crippen LogP) is 4.51. The van der Waals surface area contributed by atoms with E-state index in [-0.39, 0.29) is 12.1 Å². The van der Waals surface area contributed by atoms with Crippen molar-refractivity contribution in [2.24, 2.45) is 0 Å². The molecular formula is C14H20BrF3N2. The Balaban J connectivity index is 3.27. The van der Waals surface area contributed by atoms with E-state index in [1.807, 2.05) is 19.1 Å². The van der Waals surface area contributed by atoms with Crippen molar-refractivity contribution in [1.82, 2.24) is 5.32 Å². The molecule has 0 saturated carbocycles. The molecule has 0 aliphatic heterocycles. The minimum absolute atomic E-state index is 0.0208. The Labute approximate surface area is 126 Å². The van der Waals surface area contributed by atoms with Gasteiger partial charge in [-0.15, -0.1) is 0 Å². The molecule has 0 heterocycles. The third-order valence-corrected chi connectivity index (χ3v) is 3.67. The van der Waals surface area contributed by atoms with Crippen molar-refractivity contribution >= 4 is 21.6 Å². The highest BCUT2D eigenvalue weighted by molar-refractivity contribution is 9.10. The highest BCUT2D eigenvalue weighted by atomic mass is 79.9. The fourth-order valence-electron chi connectivity index (χ4n) is 2.03. The third kappa shape index (κ3) is 4.66. The van der Waals surface area contributed by atoms with Crippen LogP contribution in [-0.2, 0) is 0 Å². The molecule has 0 aromatic heterocycles. The lowest BCUT2D eigenvalue weighted by Gasteiger charge is -2.33. The summed E-state index contributed by atoms with van der Waals surface area (Å²) in [6, 6.07) is 5.18. The maximum absolute atomic E-state index is 12.8. The maximum Gasteiger partial charge on any atom is 0.405 e. The fraction of sp³-hybridized carbons (Fsp3) is 0.571. The number of benzene rings is 1. The van der Waals surface area contributed by atoms with Gasteiger partial charge in [0, 0.05) is 22.2 Å². The van der Waals surface area contributed by atoms with Gasteiger partial charge in [0.2, 0.25) is 0 Å². The van der Waals surface area contributed by atoms with E-state index in [1.165, 1.54) is 4.90 Å². The van der Waals surface area contributed by atoms with Crippen LogP contribution in [0.3, 0.4) is 0 Å². The Morgan fingerprint density at radius 2 is 1.85 bits per heavy atom. The van der Waals surface area contributed by atoms with Crippen molar-refractivity contribution in [3.8, 4) is 0 Å². The van der Waals surface area contributed by atoms with Crippen molar-refractivity contribution in [2.75, 3.05) is 18.5 Å². The lowest BCUT2D eigenvalue weighted by Crippen LogP contribution is -2.40. The van der Waals surface area contributed by atoms with Gasteiger partial charge >= 0.3 is 6.18 Å². The smallest absolute Gasteiger partial charge is 0.360 e. The largest absolute Gasteiger partial charge is 0.405 e. The summed E-state index contributed by atoms with van der Waals surface area (Å²) in [4.78, 5) is 1.38. The molecule has 2 nitrogen and oxygen atoms in total. The maximum atomic E-state index is 12.8. The van der Waals surface area contributed by atoms with Crippen molar-refractivity contribution < 1.29 is 13.2 Å². The Hall–Kier alpha value is -0.750. The quantitative estimate of drug-likeness (QED) is 0.838. The molecule has 1 N–H and O–H groups in total. The van der Waals surface area contributed by atoms with E-state index in [0.717, 1.165) is 10.0 Å². The van der Waals surface area contributed by atoms with E-state index < -0.39 is 12.7 Å². The van der Waals surface area contributed by atoms with Gasteiger partial charge in [-0.3, -0.25) is 0 Å². The molecule has 0 bridgehead atoms. The molecular weight excluding hydrogens is 333 g/mol. The molecule has 0 saturated heterocycles. The van der Waals surface area contributed by atoms with Crippen LogP contribution in [0.25, 0.3) is 0 Å². The third-order valence-electron chi connectivity index (χ3n) is 3.17. The number of hydrogen-bond donors (Lipinski definition) is 1. The summed E-state index contributed by atoms with van der Waals surface area (Å²) in [6.07, 6.45) is -4.23. The number of alkyl halides is 3. The molecule has 1 atom stereocenters. The van der Waals surface area contributed by atoms with Crippen LogP contribution in [0.15, 0.2) is 22.7 Å². The molecule has 0 fully saturated rings. The van der Waals surface area contributed by atoms with Crippen LogP contribution in [0.4, 0.5) is 18.9 Å². The van der Waals surface area contributed by atoms with Crippen molar-refractivity contribution in [1.29, 1.82) is 0 Å². The second-order valence-corrected chi connectivity index (χ2v) is 5.97. The average molecular weight is 353 g/mol. The summed E-state index contributed by atoms with van der Waals surface area (Å²) in [5, 5.41) is 3.07. The molecule has 0 spiro atoms. The summed E-state index contributed by atoms with van der Waals surface area (Å²) in [7, 11) is 1.79. The number of nitrogens with zero attached hydrogens (tertiary/aromatic N) is 1. The molecule has 20 heavy (non-hydrogen) atoms. The SMILES string of the molecule is CNC(C)c1ccc(Br)cc1N(CC(F)(F)F)C(C)C. The Kier molecular flexibility index (Phi) is 5.89. The summed E-state index contributed by atoms with van der Waals surface area (Å²) in [6.45, 7) is 4.50. The standard InChI is InChI=1S/C14H20BrF3N2/c1-9(2)20(8-14(16,17)18)13-7-11(15)5-6-12(13)10(3)19-4/h5-7,9-10,19H,8H2,1-4H3. The molecule has 0 aliphatic carbocycles. The Bertz CT molecular complexity index is 447. The van der Waals surface area contributed by atoms with Crippen LogP contribution >= 0.6 is 15.9 Å². The first kappa shape index (κ1) is 17.3.